The van der Waals surface area contributed by atoms with Crippen LogP contribution in [-0.4, -0.2) is 16.9 Å². The van der Waals surface area contributed by atoms with E-state index in [4.69, 9.17) is 0 Å². The predicted octanol–water partition coefficient (Wildman–Crippen LogP) is 0.576. The number of rotatable bonds is 6. The molecule has 5 heteroatoms. The smallest absolute Gasteiger partial charge is 0.225 e. The molecule has 0 aliphatic heterocycles. The number of aromatic nitrogens is 1. The molecule has 1 aromatic heterocycles. The largest absolute Gasteiger partial charge is 0.550 e. The van der Waals surface area contributed by atoms with Gasteiger partial charge in [-0.2, -0.15) is 0 Å². The maximum Gasteiger partial charge on any atom is 0.225 e. The molecule has 0 saturated heterocycles. The van der Waals surface area contributed by atoms with Crippen LogP contribution in [0.2, 0.25) is 0 Å². The van der Waals surface area contributed by atoms with Gasteiger partial charge in [-0.05, 0) is 30.9 Å². The molecular weight excluding hydrogens is 220 g/mol. The highest BCUT2D eigenvalue weighted by atomic mass is 16.4. The normalized spacial score (nSPS) is 11.8. The zero-order chi connectivity index (χ0) is 12.7. The molecule has 1 N–H and O–H groups in total. The number of hydrogen-bond donors (Lipinski definition) is 1. The van der Waals surface area contributed by atoms with E-state index in [1.807, 2.05) is 0 Å². The van der Waals surface area contributed by atoms with Crippen molar-refractivity contribution in [3.63, 3.8) is 0 Å². The van der Waals surface area contributed by atoms with E-state index in [2.05, 4.69) is 10.3 Å². The van der Waals surface area contributed by atoms with Crippen LogP contribution in [0.15, 0.2) is 24.4 Å². The van der Waals surface area contributed by atoms with Gasteiger partial charge in [0.1, 0.15) is 5.82 Å². The summed E-state index contributed by atoms with van der Waals surface area (Å²) < 4.78 is 0. The van der Waals surface area contributed by atoms with Crippen molar-refractivity contribution in [1.29, 1.82) is 0 Å². The highest BCUT2D eigenvalue weighted by molar-refractivity contribution is 5.89. The Labute approximate surface area is 99.9 Å². The number of anilines is 1. The Kier molecular flexibility index (Phi) is 5.13. The van der Waals surface area contributed by atoms with Crippen molar-refractivity contribution in [3.05, 3.63) is 24.4 Å². The Morgan fingerprint density at radius 3 is 2.76 bits per heavy atom. The monoisotopic (exact) mass is 235 g/mol. The summed E-state index contributed by atoms with van der Waals surface area (Å²) in [6, 6.07) is 5.19. The maximum atomic E-state index is 11.5. The van der Waals surface area contributed by atoms with Gasteiger partial charge >= 0.3 is 0 Å². The van der Waals surface area contributed by atoms with Crippen molar-refractivity contribution in [2.45, 2.75) is 26.2 Å². The summed E-state index contributed by atoms with van der Waals surface area (Å²) in [5, 5.41) is 13.2. The summed E-state index contributed by atoms with van der Waals surface area (Å²) in [6.45, 7) is 1.76. The highest BCUT2D eigenvalue weighted by Crippen LogP contribution is 2.11. The molecule has 0 aliphatic carbocycles. The second-order valence-electron chi connectivity index (χ2n) is 3.73. The van der Waals surface area contributed by atoms with E-state index >= 15 is 0 Å². The summed E-state index contributed by atoms with van der Waals surface area (Å²) in [5.41, 5.74) is 0. The molecule has 5 nitrogen and oxygen atoms in total. The van der Waals surface area contributed by atoms with Crippen LogP contribution in [0.25, 0.3) is 0 Å². The molecule has 0 saturated carbocycles. The van der Waals surface area contributed by atoms with E-state index in [1.165, 1.54) is 0 Å². The lowest BCUT2D eigenvalue weighted by molar-refractivity contribution is -0.311. The predicted molar refractivity (Wildman–Crippen MR) is 60.9 cm³/mol. The number of hydrogen-bond acceptors (Lipinski definition) is 4. The van der Waals surface area contributed by atoms with Gasteiger partial charge in [-0.15, -0.1) is 0 Å². The van der Waals surface area contributed by atoms with E-state index in [0.717, 1.165) is 0 Å². The Bertz CT molecular complexity index is 379. The topological polar surface area (TPSA) is 82.1 Å². The summed E-state index contributed by atoms with van der Waals surface area (Å²) in [7, 11) is 0. The molecule has 92 valence electrons. The van der Waals surface area contributed by atoms with Gasteiger partial charge in [-0.25, -0.2) is 4.98 Å². The van der Waals surface area contributed by atoms with Crippen LogP contribution in [0.1, 0.15) is 26.2 Å². The van der Waals surface area contributed by atoms with Crippen LogP contribution in [0.5, 0.6) is 0 Å². The zero-order valence-corrected chi connectivity index (χ0v) is 9.68. The maximum absolute atomic E-state index is 11.5. The molecule has 1 rings (SSSR count). The minimum Gasteiger partial charge on any atom is -0.550 e. The molecule has 0 radical (unpaired) electrons. The third-order valence-corrected chi connectivity index (χ3v) is 2.48. The van der Waals surface area contributed by atoms with E-state index < -0.39 is 11.9 Å². The Morgan fingerprint density at radius 1 is 1.47 bits per heavy atom. The first kappa shape index (κ1) is 13.2. The van der Waals surface area contributed by atoms with Crippen molar-refractivity contribution in [1.82, 2.24) is 4.98 Å². The fourth-order valence-corrected chi connectivity index (χ4v) is 1.44. The molecule has 0 spiro atoms. The van der Waals surface area contributed by atoms with Crippen LogP contribution >= 0.6 is 0 Å². The van der Waals surface area contributed by atoms with Gasteiger partial charge < -0.3 is 15.2 Å². The molecule has 1 atom stereocenters. The fourth-order valence-electron chi connectivity index (χ4n) is 1.44. The summed E-state index contributed by atoms with van der Waals surface area (Å²) in [5.74, 6) is -1.43. The van der Waals surface area contributed by atoms with E-state index in [9.17, 15) is 14.7 Å². The number of pyridine rings is 1. The molecule has 1 heterocycles. The number of amides is 1. The van der Waals surface area contributed by atoms with Crippen LogP contribution in [0, 0.1) is 5.92 Å². The number of aliphatic carboxylic acids is 1. The van der Waals surface area contributed by atoms with Crippen molar-refractivity contribution < 1.29 is 14.7 Å². The van der Waals surface area contributed by atoms with Crippen molar-refractivity contribution >= 4 is 17.7 Å². The number of carbonyl (C=O) groups excluding carboxylic acids is 2. The molecule has 0 unspecified atom stereocenters. The van der Waals surface area contributed by atoms with Crippen LogP contribution < -0.4 is 10.4 Å². The van der Waals surface area contributed by atoms with Gasteiger partial charge in [-0.3, -0.25) is 4.79 Å². The third-order valence-electron chi connectivity index (χ3n) is 2.48. The van der Waals surface area contributed by atoms with Crippen molar-refractivity contribution in [2.75, 3.05) is 5.32 Å². The lowest BCUT2D eigenvalue weighted by Gasteiger charge is -2.15. The summed E-state index contributed by atoms with van der Waals surface area (Å²) in [4.78, 5) is 26.1. The molecule has 0 aromatic carbocycles. The first-order chi connectivity index (χ1) is 8.13. The zero-order valence-electron chi connectivity index (χ0n) is 9.68. The lowest BCUT2D eigenvalue weighted by Crippen LogP contribution is -2.31. The van der Waals surface area contributed by atoms with Gasteiger partial charge in [0.15, 0.2) is 0 Å². The van der Waals surface area contributed by atoms with Gasteiger partial charge in [0.05, 0.1) is 0 Å². The summed E-state index contributed by atoms with van der Waals surface area (Å²) in [6.07, 6.45) is 2.49. The van der Waals surface area contributed by atoms with Crippen LogP contribution in [0.3, 0.4) is 0 Å². The van der Waals surface area contributed by atoms with Gasteiger partial charge in [-0.1, -0.05) is 13.0 Å². The van der Waals surface area contributed by atoms with Crippen LogP contribution in [-0.2, 0) is 9.59 Å². The van der Waals surface area contributed by atoms with Gasteiger partial charge in [0, 0.05) is 18.6 Å². The Hall–Kier alpha value is -1.91. The fraction of sp³-hybridized carbons (Fsp3) is 0.417. The lowest BCUT2D eigenvalue weighted by atomic mass is 10.0. The number of carboxylic acids is 1. The first-order valence-corrected chi connectivity index (χ1v) is 5.55. The SMILES string of the molecule is CC[C@@H](CCC(=O)Nc1ccccn1)C(=O)[O-]. The number of carboxylic acid groups (broad SMARTS) is 1. The van der Waals surface area contributed by atoms with E-state index in [0.29, 0.717) is 12.2 Å². The number of carbonyl (C=O) groups is 2. The average Bonchev–Trinajstić information content (AvgIpc) is 2.30. The standard InChI is InChI=1S/C12H16N2O3/c1-2-9(12(16)17)6-7-11(15)14-10-5-3-4-8-13-10/h3-5,8-9H,2,6-7H2,1H3,(H,16,17)(H,13,14,15)/p-1/t9-/m0/s1. The second kappa shape index (κ2) is 6.62. The minimum atomic E-state index is -1.10. The quantitative estimate of drug-likeness (QED) is 0.781. The Morgan fingerprint density at radius 2 is 2.24 bits per heavy atom. The molecule has 1 amide bonds. The van der Waals surface area contributed by atoms with E-state index in [-0.39, 0.29) is 18.7 Å². The molecule has 17 heavy (non-hydrogen) atoms. The summed E-state index contributed by atoms with van der Waals surface area (Å²) >= 11 is 0. The molecule has 1 aromatic rings. The van der Waals surface area contributed by atoms with Crippen LogP contribution in [0.4, 0.5) is 5.82 Å². The van der Waals surface area contributed by atoms with Gasteiger partial charge in [0.25, 0.3) is 0 Å². The molecule has 0 fully saturated rings. The average molecular weight is 235 g/mol. The van der Waals surface area contributed by atoms with E-state index in [1.54, 1.807) is 31.3 Å². The molecule has 0 bridgehead atoms. The Balaban J connectivity index is 2.38. The van der Waals surface area contributed by atoms with Crippen molar-refractivity contribution in [3.8, 4) is 0 Å². The first-order valence-electron chi connectivity index (χ1n) is 5.55. The molecular formula is C12H15N2O3-. The molecule has 0 aliphatic rings. The van der Waals surface area contributed by atoms with Crippen molar-refractivity contribution in [2.24, 2.45) is 5.92 Å². The van der Waals surface area contributed by atoms with Gasteiger partial charge in [0.2, 0.25) is 5.91 Å². The minimum absolute atomic E-state index is 0.156. The third kappa shape index (κ3) is 4.63. The second-order valence-corrected chi connectivity index (χ2v) is 3.73. The number of nitrogens with zero attached hydrogens (tertiary/aromatic N) is 1. The number of nitrogens with one attached hydrogen (secondary N) is 1. The highest BCUT2D eigenvalue weighted by Gasteiger charge is 2.10.